The van der Waals surface area contributed by atoms with Crippen LogP contribution in [0.5, 0.6) is 0 Å². The number of pyridine rings is 1. The van der Waals surface area contributed by atoms with Crippen LogP contribution in [0.25, 0.3) is 0 Å². The predicted molar refractivity (Wildman–Crippen MR) is 88.9 cm³/mol. The number of aliphatic hydroxyl groups excluding tert-OH is 1. The lowest BCUT2D eigenvalue weighted by Crippen LogP contribution is -2.34. The molecule has 1 aliphatic carbocycles. The van der Waals surface area contributed by atoms with Crippen LogP contribution in [0, 0.1) is 5.92 Å². The lowest BCUT2D eigenvalue weighted by Gasteiger charge is -2.20. The van der Waals surface area contributed by atoms with Gasteiger partial charge in [0.1, 0.15) is 0 Å². The number of rotatable bonds is 4. The molecule has 0 saturated heterocycles. The summed E-state index contributed by atoms with van der Waals surface area (Å²) in [6, 6.07) is 11.1. The maximum Gasteiger partial charge on any atom is 0.224 e. The van der Waals surface area contributed by atoms with Crippen LogP contribution in [0.2, 0.25) is 5.02 Å². The van der Waals surface area contributed by atoms with Crippen LogP contribution in [-0.4, -0.2) is 22.1 Å². The van der Waals surface area contributed by atoms with Crippen LogP contribution in [0.3, 0.4) is 0 Å². The Bertz CT molecular complexity index is 746. The maximum atomic E-state index is 11.9. The van der Waals surface area contributed by atoms with Crippen molar-refractivity contribution in [1.29, 1.82) is 0 Å². The third kappa shape index (κ3) is 3.28. The third-order valence-corrected chi connectivity index (χ3v) is 4.43. The molecular weight excluding hydrogens is 312 g/mol. The van der Waals surface area contributed by atoms with Crippen molar-refractivity contribution in [3.63, 3.8) is 0 Å². The van der Waals surface area contributed by atoms with E-state index in [2.05, 4.69) is 4.98 Å². The van der Waals surface area contributed by atoms with E-state index in [0.717, 1.165) is 16.7 Å². The van der Waals surface area contributed by atoms with E-state index in [1.165, 1.54) is 0 Å². The molecule has 0 saturated carbocycles. The summed E-state index contributed by atoms with van der Waals surface area (Å²) < 4.78 is 0. The van der Waals surface area contributed by atoms with E-state index >= 15 is 0 Å². The molecule has 3 N–H and O–H groups in total. The molecule has 1 heterocycles. The van der Waals surface area contributed by atoms with Gasteiger partial charge in [-0.3, -0.25) is 9.78 Å². The molecule has 1 aromatic carbocycles. The number of nitrogens with two attached hydrogens (primary N) is 1. The van der Waals surface area contributed by atoms with Gasteiger partial charge in [-0.15, -0.1) is 0 Å². The molecule has 1 unspecified atom stereocenters. The number of hydrogen-bond acceptors (Lipinski definition) is 3. The van der Waals surface area contributed by atoms with Crippen molar-refractivity contribution in [2.45, 2.75) is 18.4 Å². The summed E-state index contributed by atoms with van der Waals surface area (Å²) in [6.07, 6.45) is 5.02. The minimum absolute atomic E-state index is 0.270. The zero-order valence-corrected chi connectivity index (χ0v) is 13.1. The Labute approximate surface area is 139 Å². The zero-order valence-electron chi connectivity index (χ0n) is 12.4. The molecule has 1 amide bonds. The van der Waals surface area contributed by atoms with E-state index in [-0.39, 0.29) is 5.92 Å². The molecule has 0 aliphatic heterocycles. The van der Waals surface area contributed by atoms with Crippen molar-refractivity contribution in [3.8, 4) is 0 Å². The van der Waals surface area contributed by atoms with Crippen LogP contribution >= 0.6 is 11.6 Å². The van der Waals surface area contributed by atoms with Crippen molar-refractivity contribution in [1.82, 2.24) is 4.98 Å². The van der Waals surface area contributed by atoms with Crippen LogP contribution in [0.15, 0.2) is 60.4 Å². The summed E-state index contributed by atoms with van der Waals surface area (Å²) in [4.78, 5) is 15.9. The Kier molecular flexibility index (Phi) is 4.46. The standard InChI is InChI=1S/C18H17ClN2O2/c19-14-5-1-4-12(8-14)15-9-13(17(22)16(15)18(20)23)7-11-3-2-6-21-10-11/h1-6,8-10,15-17,22H,7H2,(H2,20,23)/t15-,16+,17?/m0/s1. The van der Waals surface area contributed by atoms with E-state index in [0.29, 0.717) is 11.4 Å². The summed E-state index contributed by atoms with van der Waals surface area (Å²) in [7, 11) is 0. The van der Waals surface area contributed by atoms with Gasteiger partial charge in [-0.1, -0.05) is 35.9 Å². The number of aliphatic hydroxyl groups is 1. The monoisotopic (exact) mass is 328 g/mol. The molecule has 23 heavy (non-hydrogen) atoms. The molecule has 5 heteroatoms. The number of carbonyl (C=O) groups excluding carboxylic acids is 1. The largest absolute Gasteiger partial charge is 0.388 e. The fourth-order valence-corrected chi connectivity index (χ4v) is 3.31. The van der Waals surface area contributed by atoms with Gasteiger partial charge >= 0.3 is 0 Å². The molecule has 0 radical (unpaired) electrons. The Hall–Kier alpha value is -2.17. The average molecular weight is 329 g/mol. The zero-order chi connectivity index (χ0) is 16.4. The summed E-state index contributed by atoms with van der Waals surface area (Å²) >= 11 is 6.05. The van der Waals surface area contributed by atoms with E-state index < -0.39 is 17.9 Å². The number of amides is 1. The number of primary amides is 1. The van der Waals surface area contributed by atoms with Gasteiger partial charge in [-0.2, -0.15) is 0 Å². The van der Waals surface area contributed by atoms with E-state index in [1.807, 2.05) is 30.3 Å². The fourth-order valence-electron chi connectivity index (χ4n) is 3.11. The van der Waals surface area contributed by atoms with Crippen molar-refractivity contribution < 1.29 is 9.90 Å². The number of aromatic nitrogens is 1. The first kappa shape index (κ1) is 15.7. The second-order valence-corrected chi connectivity index (χ2v) is 6.17. The van der Waals surface area contributed by atoms with Crippen LogP contribution in [0.4, 0.5) is 0 Å². The van der Waals surface area contributed by atoms with Gasteiger partial charge in [-0.05, 0) is 41.3 Å². The fraction of sp³-hybridized carbons (Fsp3) is 0.222. The molecule has 2 aromatic rings. The van der Waals surface area contributed by atoms with E-state index in [4.69, 9.17) is 17.3 Å². The van der Waals surface area contributed by atoms with Crippen LogP contribution < -0.4 is 5.73 Å². The van der Waals surface area contributed by atoms with Gasteiger partial charge in [0.2, 0.25) is 5.91 Å². The van der Waals surface area contributed by atoms with Gasteiger partial charge < -0.3 is 10.8 Å². The Morgan fingerprint density at radius 2 is 2.13 bits per heavy atom. The summed E-state index contributed by atoms with van der Waals surface area (Å²) in [5.41, 5.74) is 8.17. The van der Waals surface area contributed by atoms with Crippen LogP contribution in [-0.2, 0) is 11.2 Å². The predicted octanol–water partition coefficient (Wildman–Crippen LogP) is 2.46. The maximum absolute atomic E-state index is 11.9. The Morgan fingerprint density at radius 1 is 1.30 bits per heavy atom. The molecule has 118 valence electrons. The molecule has 3 atom stereocenters. The Balaban J connectivity index is 1.94. The second kappa shape index (κ2) is 6.52. The van der Waals surface area contributed by atoms with Gasteiger partial charge in [0.15, 0.2) is 0 Å². The smallest absolute Gasteiger partial charge is 0.224 e. The molecule has 0 fully saturated rings. The molecular formula is C18H17ClN2O2. The van der Waals surface area contributed by atoms with Gasteiger partial charge in [0.25, 0.3) is 0 Å². The highest BCUT2D eigenvalue weighted by Gasteiger charge is 2.40. The lowest BCUT2D eigenvalue weighted by atomic mass is 9.87. The average Bonchev–Trinajstić information content (AvgIpc) is 2.85. The van der Waals surface area contributed by atoms with Crippen LogP contribution in [0.1, 0.15) is 17.0 Å². The van der Waals surface area contributed by atoms with Crippen molar-refractivity contribution in [3.05, 3.63) is 76.6 Å². The van der Waals surface area contributed by atoms with Crippen molar-refractivity contribution in [2.75, 3.05) is 0 Å². The number of benzene rings is 1. The number of halogens is 1. The molecule has 3 rings (SSSR count). The SMILES string of the molecule is NC(=O)[C@H]1C(O)C(Cc2cccnc2)=C[C@H]1c1cccc(Cl)c1. The highest BCUT2D eigenvalue weighted by atomic mass is 35.5. The summed E-state index contributed by atoms with van der Waals surface area (Å²) in [5, 5.41) is 11.2. The van der Waals surface area contributed by atoms with Crippen molar-refractivity contribution >= 4 is 17.5 Å². The molecule has 0 bridgehead atoms. The number of nitrogens with zero attached hydrogens (tertiary/aromatic N) is 1. The Morgan fingerprint density at radius 3 is 2.78 bits per heavy atom. The lowest BCUT2D eigenvalue weighted by molar-refractivity contribution is -0.124. The van der Waals surface area contributed by atoms with Gasteiger partial charge in [-0.25, -0.2) is 0 Å². The first-order chi connectivity index (χ1) is 11.1. The van der Waals surface area contributed by atoms with E-state index in [9.17, 15) is 9.90 Å². The van der Waals surface area contributed by atoms with Crippen molar-refractivity contribution in [2.24, 2.45) is 11.7 Å². The number of allylic oxidation sites excluding steroid dienone is 1. The molecule has 1 aromatic heterocycles. The molecule has 4 nitrogen and oxygen atoms in total. The molecule has 1 aliphatic rings. The minimum Gasteiger partial charge on any atom is -0.388 e. The number of hydrogen-bond donors (Lipinski definition) is 2. The quantitative estimate of drug-likeness (QED) is 0.846. The minimum atomic E-state index is -0.892. The second-order valence-electron chi connectivity index (χ2n) is 5.73. The van der Waals surface area contributed by atoms with Gasteiger partial charge in [0, 0.05) is 23.3 Å². The topological polar surface area (TPSA) is 76.2 Å². The molecule has 0 spiro atoms. The highest BCUT2D eigenvalue weighted by molar-refractivity contribution is 6.30. The normalized spacial score (nSPS) is 23.6. The third-order valence-electron chi connectivity index (χ3n) is 4.19. The van der Waals surface area contributed by atoms with E-state index in [1.54, 1.807) is 24.5 Å². The van der Waals surface area contributed by atoms with Gasteiger partial charge in [0.05, 0.1) is 12.0 Å². The first-order valence-electron chi connectivity index (χ1n) is 7.38. The summed E-state index contributed by atoms with van der Waals surface area (Å²) in [6.45, 7) is 0. The number of carbonyl (C=O) groups is 1. The summed E-state index contributed by atoms with van der Waals surface area (Å²) in [5.74, 6) is -1.46. The first-order valence-corrected chi connectivity index (χ1v) is 7.76. The highest BCUT2D eigenvalue weighted by Crippen LogP contribution is 2.40.